The van der Waals surface area contributed by atoms with E-state index in [0.717, 1.165) is 6.07 Å². The zero-order valence-corrected chi connectivity index (χ0v) is 7.33. The maximum atomic E-state index is 12.8. The van der Waals surface area contributed by atoms with Gasteiger partial charge in [-0.1, -0.05) is 12.1 Å². The molecular formula is C7H6BF4S-. The molecular weight excluding hydrogens is 203 g/mol. The van der Waals surface area contributed by atoms with Gasteiger partial charge in [-0.2, -0.15) is 11.8 Å². The smallest absolute Gasteiger partial charge is 0.448 e. The van der Waals surface area contributed by atoms with E-state index in [4.69, 9.17) is 0 Å². The molecule has 0 spiro atoms. The molecule has 0 amide bonds. The van der Waals surface area contributed by atoms with Crippen molar-refractivity contribution in [1.29, 1.82) is 0 Å². The van der Waals surface area contributed by atoms with Gasteiger partial charge in [0.15, 0.2) is 0 Å². The third-order valence-corrected chi connectivity index (χ3v) is 2.45. The van der Waals surface area contributed by atoms with E-state index >= 15 is 0 Å². The maximum Gasteiger partial charge on any atom is 0.488 e. The molecule has 0 saturated carbocycles. The van der Waals surface area contributed by atoms with Gasteiger partial charge in [-0.3, -0.25) is 0 Å². The van der Waals surface area contributed by atoms with Crippen molar-refractivity contribution in [2.45, 2.75) is 4.90 Å². The average molecular weight is 209 g/mol. The van der Waals surface area contributed by atoms with Crippen molar-refractivity contribution in [3.63, 3.8) is 0 Å². The molecule has 0 saturated heterocycles. The molecule has 72 valence electrons. The Morgan fingerprint density at radius 3 is 2.31 bits per heavy atom. The molecule has 0 atom stereocenters. The SMILES string of the molecule is Fc1ccccc1SC[B-](F)(F)F. The second kappa shape index (κ2) is 4.04. The number of rotatable bonds is 3. The Balaban J connectivity index is 2.60. The van der Waals surface area contributed by atoms with Crippen molar-refractivity contribution in [3.05, 3.63) is 30.1 Å². The van der Waals surface area contributed by atoms with Crippen LogP contribution >= 0.6 is 11.8 Å². The van der Waals surface area contributed by atoms with Crippen molar-refractivity contribution in [2.75, 3.05) is 5.65 Å². The van der Waals surface area contributed by atoms with Gasteiger partial charge in [-0.15, -0.1) is 0 Å². The van der Waals surface area contributed by atoms with Crippen LogP contribution in [0.1, 0.15) is 0 Å². The molecule has 0 aliphatic rings. The van der Waals surface area contributed by atoms with Gasteiger partial charge in [-0.05, 0) is 17.8 Å². The van der Waals surface area contributed by atoms with Gasteiger partial charge >= 0.3 is 6.98 Å². The summed E-state index contributed by atoms with van der Waals surface area (Å²) in [6.07, 6.45) is 0. The number of hydrogen-bond acceptors (Lipinski definition) is 1. The lowest BCUT2D eigenvalue weighted by Crippen LogP contribution is -2.19. The molecule has 0 radical (unpaired) electrons. The Hall–Kier alpha value is -0.645. The third kappa shape index (κ3) is 3.72. The minimum absolute atomic E-state index is 0.0432. The summed E-state index contributed by atoms with van der Waals surface area (Å²) in [5, 5.41) is 0. The van der Waals surface area contributed by atoms with E-state index in [1.807, 2.05) is 0 Å². The molecule has 0 N–H and O–H groups in total. The zero-order chi connectivity index (χ0) is 9.90. The molecule has 0 aliphatic carbocycles. The summed E-state index contributed by atoms with van der Waals surface area (Å²) in [5.41, 5.74) is -0.999. The van der Waals surface area contributed by atoms with Crippen LogP contribution in [-0.4, -0.2) is 12.6 Å². The highest BCUT2D eigenvalue weighted by Crippen LogP contribution is 2.25. The van der Waals surface area contributed by atoms with Crippen molar-refractivity contribution in [2.24, 2.45) is 0 Å². The molecule has 0 aliphatic heterocycles. The lowest BCUT2D eigenvalue weighted by atomic mass is 9.98. The van der Waals surface area contributed by atoms with Gasteiger partial charge in [0.05, 0.1) is 0 Å². The van der Waals surface area contributed by atoms with Crippen LogP contribution in [0.15, 0.2) is 29.2 Å². The molecule has 13 heavy (non-hydrogen) atoms. The van der Waals surface area contributed by atoms with E-state index in [1.165, 1.54) is 18.2 Å². The van der Waals surface area contributed by atoms with Crippen LogP contribution in [-0.2, 0) is 0 Å². The topological polar surface area (TPSA) is 0 Å². The molecule has 0 nitrogen and oxygen atoms in total. The Labute approximate surface area is 77.4 Å². The molecule has 0 bridgehead atoms. The average Bonchev–Trinajstić information content (AvgIpc) is 2.01. The molecule has 1 aromatic rings. The predicted octanol–water partition coefficient (Wildman–Crippen LogP) is 3.30. The van der Waals surface area contributed by atoms with Crippen molar-refractivity contribution in [3.8, 4) is 0 Å². The highest BCUT2D eigenvalue weighted by atomic mass is 32.2. The first-order valence-corrected chi connectivity index (χ1v) is 4.56. The fraction of sp³-hybridized carbons (Fsp3) is 0.143. The Morgan fingerprint density at radius 2 is 1.77 bits per heavy atom. The van der Waals surface area contributed by atoms with Crippen LogP contribution in [0.4, 0.5) is 17.3 Å². The monoisotopic (exact) mass is 209 g/mol. The molecule has 6 heteroatoms. The largest absolute Gasteiger partial charge is 0.488 e. The van der Waals surface area contributed by atoms with E-state index in [-0.39, 0.29) is 4.90 Å². The second-order valence-electron chi connectivity index (χ2n) is 2.45. The lowest BCUT2D eigenvalue weighted by molar-refractivity contribution is 0.485. The number of hydrogen-bond donors (Lipinski definition) is 0. The molecule has 1 aromatic carbocycles. The van der Waals surface area contributed by atoms with E-state index in [0.29, 0.717) is 11.8 Å². The summed E-state index contributed by atoms with van der Waals surface area (Å²) >= 11 is 0.482. The van der Waals surface area contributed by atoms with Crippen molar-refractivity contribution >= 4 is 18.7 Å². The maximum absolute atomic E-state index is 12.8. The molecule has 1 rings (SSSR count). The number of halogens is 4. The quantitative estimate of drug-likeness (QED) is 0.418. The first-order chi connectivity index (χ1) is 5.99. The van der Waals surface area contributed by atoms with Crippen LogP contribution in [0.25, 0.3) is 0 Å². The molecule has 0 unspecified atom stereocenters. The first kappa shape index (κ1) is 10.4. The predicted molar refractivity (Wildman–Crippen MR) is 46.2 cm³/mol. The van der Waals surface area contributed by atoms with Crippen LogP contribution < -0.4 is 0 Å². The van der Waals surface area contributed by atoms with E-state index < -0.39 is 18.4 Å². The third-order valence-electron chi connectivity index (χ3n) is 1.26. The van der Waals surface area contributed by atoms with Crippen LogP contribution in [0.2, 0.25) is 0 Å². The summed E-state index contributed by atoms with van der Waals surface area (Å²) in [7, 11) is 0. The highest BCUT2D eigenvalue weighted by Gasteiger charge is 2.23. The second-order valence-corrected chi connectivity index (χ2v) is 3.51. The Kier molecular flexibility index (Phi) is 3.25. The highest BCUT2D eigenvalue weighted by molar-refractivity contribution is 8.00. The Bertz CT molecular complexity index is 286. The van der Waals surface area contributed by atoms with Gasteiger partial charge < -0.3 is 12.9 Å². The van der Waals surface area contributed by atoms with Crippen LogP contribution in [0.3, 0.4) is 0 Å². The van der Waals surface area contributed by atoms with Gasteiger partial charge in [0.25, 0.3) is 0 Å². The fourth-order valence-electron chi connectivity index (χ4n) is 0.746. The minimum Gasteiger partial charge on any atom is -0.448 e. The summed E-state index contributed by atoms with van der Waals surface area (Å²) < 4.78 is 48.2. The standard InChI is InChI=1S/C7H6BF4S/c9-6-3-1-2-4-7(6)13-5-8(10,11)12/h1-4H,5H2/q-1. The summed E-state index contributed by atoms with van der Waals surface area (Å²) in [6.45, 7) is -4.85. The number of benzene rings is 1. The van der Waals surface area contributed by atoms with Gasteiger partial charge in [0.2, 0.25) is 0 Å². The first-order valence-electron chi connectivity index (χ1n) is 3.57. The summed E-state index contributed by atoms with van der Waals surface area (Å²) in [6, 6.07) is 5.43. The molecule has 0 fully saturated rings. The van der Waals surface area contributed by atoms with Gasteiger partial charge in [0, 0.05) is 4.90 Å². The number of thioether (sulfide) groups is 1. The summed E-state index contributed by atoms with van der Waals surface area (Å²) in [5.74, 6) is -0.604. The van der Waals surface area contributed by atoms with Gasteiger partial charge in [-0.25, -0.2) is 4.39 Å². The molecule has 0 aromatic heterocycles. The zero-order valence-electron chi connectivity index (χ0n) is 6.51. The van der Waals surface area contributed by atoms with Crippen LogP contribution in [0, 0.1) is 5.82 Å². The summed E-state index contributed by atoms with van der Waals surface area (Å²) in [4.78, 5) is 0.0432. The van der Waals surface area contributed by atoms with E-state index in [9.17, 15) is 17.3 Å². The van der Waals surface area contributed by atoms with Crippen molar-refractivity contribution in [1.82, 2.24) is 0 Å². The van der Waals surface area contributed by atoms with Crippen LogP contribution in [0.5, 0.6) is 0 Å². The lowest BCUT2D eigenvalue weighted by Gasteiger charge is -2.12. The normalized spacial score (nSPS) is 11.7. The van der Waals surface area contributed by atoms with E-state index in [1.54, 1.807) is 0 Å². The Morgan fingerprint density at radius 1 is 1.15 bits per heavy atom. The van der Waals surface area contributed by atoms with E-state index in [2.05, 4.69) is 0 Å². The van der Waals surface area contributed by atoms with Crippen molar-refractivity contribution < 1.29 is 17.3 Å². The van der Waals surface area contributed by atoms with Gasteiger partial charge in [0.1, 0.15) is 5.82 Å². The minimum atomic E-state index is -4.85. The fourth-order valence-corrected chi connectivity index (χ4v) is 1.50. The molecule has 0 heterocycles.